The molecule has 0 spiro atoms. The number of methoxy groups -OCH3 is 1. The summed E-state index contributed by atoms with van der Waals surface area (Å²) in [6.45, 7) is 3.99. The second kappa shape index (κ2) is 9.23. The van der Waals surface area contributed by atoms with Crippen LogP contribution in [0.5, 0.6) is 11.5 Å². The van der Waals surface area contributed by atoms with E-state index in [9.17, 15) is 9.59 Å². The standard InChI is InChI=1S/C21H24N2O5/c1-15(28-19-9-7-18(26-2)8-10-19)20(24)22-17-5-3-16(4-6-17)21(25)23-11-13-27-14-12-23/h3-10,15H,11-14H2,1-2H3,(H,22,24). The number of nitrogens with zero attached hydrogens (tertiary/aromatic N) is 1. The predicted molar refractivity (Wildman–Crippen MR) is 105 cm³/mol. The third-order valence-corrected chi connectivity index (χ3v) is 4.44. The van der Waals surface area contributed by atoms with Crippen molar-refractivity contribution in [3.63, 3.8) is 0 Å². The Labute approximate surface area is 164 Å². The molecular formula is C21H24N2O5. The van der Waals surface area contributed by atoms with Crippen molar-refractivity contribution in [2.75, 3.05) is 38.7 Å². The summed E-state index contributed by atoms with van der Waals surface area (Å²) in [5.74, 6) is 0.992. The average molecular weight is 384 g/mol. The van der Waals surface area contributed by atoms with Crippen LogP contribution in [-0.4, -0.2) is 56.2 Å². The van der Waals surface area contributed by atoms with Gasteiger partial charge in [0, 0.05) is 24.3 Å². The maximum atomic E-state index is 12.4. The Hall–Kier alpha value is -3.06. The molecule has 0 bridgehead atoms. The van der Waals surface area contributed by atoms with E-state index in [0.29, 0.717) is 43.3 Å². The van der Waals surface area contributed by atoms with Crippen molar-refractivity contribution >= 4 is 17.5 Å². The Bertz CT molecular complexity index is 799. The molecule has 7 heteroatoms. The normalized spacial score (nSPS) is 14.9. The highest BCUT2D eigenvalue weighted by atomic mass is 16.5. The monoisotopic (exact) mass is 384 g/mol. The Morgan fingerprint density at radius 1 is 1.00 bits per heavy atom. The molecule has 1 N–H and O–H groups in total. The number of nitrogens with one attached hydrogen (secondary N) is 1. The average Bonchev–Trinajstić information content (AvgIpc) is 2.75. The zero-order valence-electron chi connectivity index (χ0n) is 16.0. The molecule has 0 aliphatic carbocycles. The van der Waals surface area contributed by atoms with E-state index in [2.05, 4.69) is 5.32 Å². The fraction of sp³-hybridized carbons (Fsp3) is 0.333. The first-order valence-corrected chi connectivity index (χ1v) is 9.15. The number of hydrogen-bond acceptors (Lipinski definition) is 5. The largest absolute Gasteiger partial charge is 0.497 e. The highest BCUT2D eigenvalue weighted by Gasteiger charge is 2.19. The Kier molecular flexibility index (Phi) is 6.49. The van der Waals surface area contributed by atoms with Gasteiger partial charge in [-0.3, -0.25) is 9.59 Å². The van der Waals surface area contributed by atoms with Crippen molar-refractivity contribution in [2.24, 2.45) is 0 Å². The molecule has 1 aliphatic heterocycles. The van der Waals surface area contributed by atoms with Gasteiger partial charge in [0.05, 0.1) is 20.3 Å². The Balaban J connectivity index is 1.55. The van der Waals surface area contributed by atoms with Crippen molar-refractivity contribution in [3.05, 3.63) is 54.1 Å². The van der Waals surface area contributed by atoms with Crippen molar-refractivity contribution in [1.29, 1.82) is 0 Å². The third-order valence-electron chi connectivity index (χ3n) is 4.44. The molecule has 7 nitrogen and oxygen atoms in total. The van der Waals surface area contributed by atoms with Crippen LogP contribution in [0.15, 0.2) is 48.5 Å². The van der Waals surface area contributed by atoms with Crippen LogP contribution in [0, 0.1) is 0 Å². The van der Waals surface area contributed by atoms with Crippen molar-refractivity contribution in [2.45, 2.75) is 13.0 Å². The summed E-state index contributed by atoms with van der Waals surface area (Å²) < 4.78 is 16.0. The number of ether oxygens (including phenoxy) is 3. The van der Waals surface area contributed by atoms with Crippen LogP contribution in [0.25, 0.3) is 0 Å². The van der Waals surface area contributed by atoms with Crippen LogP contribution in [0.4, 0.5) is 5.69 Å². The van der Waals surface area contributed by atoms with Gasteiger partial charge in [-0.05, 0) is 55.5 Å². The fourth-order valence-electron chi connectivity index (χ4n) is 2.80. The van der Waals surface area contributed by atoms with Gasteiger partial charge in [0.25, 0.3) is 11.8 Å². The molecule has 2 aromatic rings. The number of carbonyl (C=O) groups excluding carboxylic acids is 2. The Morgan fingerprint density at radius 2 is 1.61 bits per heavy atom. The topological polar surface area (TPSA) is 77.1 Å². The Morgan fingerprint density at radius 3 is 2.21 bits per heavy atom. The molecule has 0 saturated carbocycles. The summed E-state index contributed by atoms with van der Waals surface area (Å²) in [6, 6.07) is 13.9. The number of benzene rings is 2. The molecular weight excluding hydrogens is 360 g/mol. The van der Waals surface area contributed by atoms with Gasteiger partial charge < -0.3 is 24.4 Å². The lowest BCUT2D eigenvalue weighted by Gasteiger charge is -2.26. The summed E-state index contributed by atoms with van der Waals surface area (Å²) in [4.78, 5) is 26.6. The van der Waals surface area contributed by atoms with E-state index >= 15 is 0 Å². The van der Waals surface area contributed by atoms with E-state index in [1.165, 1.54) is 0 Å². The molecule has 28 heavy (non-hydrogen) atoms. The number of hydrogen-bond donors (Lipinski definition) is 1. The van der Waals surface area contributed by atoms with Gasteiger partial charge in [-0.2, -0.15) is 0 Å². The molecule has 2 aromatic carbocycles. The van der Waals surface area contributed by atoms with E-state index in [0.717, 1.165) is 5.75 Å². The van der Waals surface area contributed by atoms with Crippen LogP contribution < -0.4 is 14.8 Å². The van der Waals surface area contributed by atoms with Crippen molar-refractivity contribution in [1.82, 2.24) is 4.90 Å². The lowest BCUT2D eigenvalue weighted by Crippen LogP contribution is -2.40. The molecule has 0 aromatic heterocycles. The van der Waals surface area contributed by atoms with Gasteiger partial charge in [0.1, 0.15) is 11.5 Å². The predicted octanol–water partition coefficient (Wildman–Crippen LogP) is 2.57. The summed E-state index contributed by atoms with van der Waals surface area (Å²) in [5, 5.41) is 2.80. The zero-order valence-corrected chi connectivity index (χ0v) is 16.0. The molecule has 1 fully saturated rings. The summed E-state index contributed by atoms with van der Waals surface area (Å²) in [6.07, 6.45) is -0.678. The van der Waals surface area contributed by atoms with Gasteiger partial charge in [-0.25, -0.2) is 0 Å². The van der Waals surface area contributed by atoms with Gasteiger partial charge >= 0.3 is 0 Å². The van der Waals surface area contributed by atoms with E-state index < -0.39 is 6.10 Å². The van der Waals surface area contributed by atoms with Gasteiger partial charge in [-0.15, -0.1) is 0 Å². The second-order valence-electron chi connectivity index (χ2n) is 6.41. The molecule has 1 heterocycles. The second-order valence-corrected chi connectivity index (χ2v) is 6.41. The quantitative estimate of drug-likeness (QED) is 0.828. The number of anilines is 1. The molecule has 2 amide bonds. The van der Waals surface area contributed by atoms with Gasteiger partial charge in [0.15, 0.2) is 6.10 Å². The fourth-order valence-corrected chi connectivity index (χ4v) is 2.80. The lowest BCUT2D eigenvalue weighted by molar-refractivity contribution is -0.122. The molecule has 1 aliphatic rings. The highest BCUT2D eigenvalue weighted by molar-refractivity contribution is 5.96. The first kappa shape index (κ1) is 19.7. The van der Waals surface area contributed by atoms with Crippen LogP contribution in [-0.2, 0) is 9.53 Å². The SMILES string of the molecule is COc1ccc(OC(C)C(=O)Nc2ccc(C(=O)N3CCOCC3)cc2)cc1. The maximum Gasteiger partial charge on any atom is 0.265 e. The maximum absolute atomic E-state index is 12.4. The van der Waals surface area contributed by atoms with Crippen molar-refractivity contribution < 1.29 is 23.8 Å². The molecule has 1 saturated heterocycles. The van der Waals surface area contributed by atoms with E-state index in [4.69, 9.17) is 14.2 Å². The first-order chi connectivity index (χ1) is 13.6. The minimum atomic E-state index is -0.678. The van der Waals surface area contributed by atoms with Crippen LogP contribution in [0.2, 0.25) is 0 Å². The molecule has 3 rings (SSSR count). The highest BCUT2D eigenvalue weighted by Crippen LogP contribution is 2.19. The molecule has 148 valence electrons. The summed E-state index contributed by atoms with van der Waals surface area (Å²) in [5.41, 5.74) is 1.19. The van der Waals surface area contributed by atoms with E-state index in [1.807, 2.05) is 0 Å². The number of amides is 2. The zero-order chi connectivity index (χ0) is 19.9. The lowest BCUT2D eigenvalue weighted by atomic mass is 10.1. The van der Waals surface area contributed by atoms with Crippen LogP contribution >= 0.6 is 0 Å². The van der Waals surface area contributed by atoms with Crippen LogP contribution in [0.1, 0.15) is 17.3 Å². The number of rotatable bonds is 6. The molecule has 1 atom stereocenters. The summed E-state index contributed by atoms with van der Waals surface area (Å²) >= 11 is 0. The number of carbonyl (C=O) groups is 2. The van der Waals surface area contributed by atoms with Crippen molar-refractivity contribution in [3.8, 4) is 11.5 Å². The summed E-state index contributed by atoms with van der Waals surface area (Å²) in [7, 11) is 1.59. The molecule has 1 unspecified atom stereocenters. The molecule has 0 radical (unpaired) electrons. The van der Waals surface area contributed by atoms with E-state index in [-0.39, 0.29) is 11.8 Å². The first-order valence-electron chi connectivity index (χ1n) is 9.15. The van der Waals surface area contributed by atoms with Crippen LogP contribution in [0.3, 0.4) is 0 Å². The smallest absolute Gasteiger partial charge is 0.265 e. The van der Waals surface area contributed by atoms with E-state index in [1.54, 1.807) is 67.5 Å². The third kappa shape index (κ3) is 5.01. The van der Waals surface area contributed by atoms with Gasteiger partial charge in [0.2, 0.25) is 0 Å². The minimum absolute atomic E-state index is 0.0302. The van der Waals surface area contributed by atoms with Gasteiger partial charge in [-0.1, -0.05) is 0 Å². The minimum Gasteiger partial charge on any atom is -0.497 e. The number of morpholine rings is 1.